The minimum absolute atomic E-state index is 0.230. The summed E-state index contributed by atoms with van der Waals surface area (Å²) < 4.78 is 6.56. The summed E-state index contributed by atoms with van der Waals surface area (Å²) in [6, 6.07) is 7.90. The summed E-state index contributed by atoms with van der Waals surface area (Å²) in [5, 5.41) is 0.728. The Morgan fingerprint density at radius 1 is 1.21 bits per heavy atom. The summed E-state index contributed by atoms with van der Waals surface area (Å²) in [5.74, 6) is 2.11. The zero-order valence-electron chi connectivity index (χ0n) is 9.44. The molecule has 3 nitrogen and oxygen atoms in total. The molecule has 1 atom stereocenters. The Morgan fingerprint density at radius 2 is 1.89 bits per heavy atom. The van der Waals surface area contributed by atoms with Gasteiger partial charge < -0.3 is 4.74 Å². The minimum atomic E-state index is -0.230. The van der Waals surface area contributed by atoms with E-state index in [0.29, 0.717) is 19.7 Å². The summed E-state index contributed by atoms with van der Waals surface area (Å²) in [6.07, 6.45) is -0.230. The Hall–Kier alpha value is -0.240. The van der Waals surface area contributed by atoms with Gasteiger partial charge in [0.2, 0.25) is 0 Å². The topological polar surface area (TPSA) is 35.0 Å². The third-order valence-corrected chi connectivity index (χ3v) is 5.91. The summed E-state index contributed by atoms with van der Waals surface area (Å²) in [7, 11) is 0. The van der Waals surface area contributed by atoms with Crippen LogP contribution >= 0.6 is 57.6 Å². The average molecular weight is 425 g/mol. The molecule has 2 aromatic rings. The number of hydrogen-bond donors (Lipinski definition) is 0. The molecular weight excluding hydrogens is 418 g/mol. The second-order valence-electron chi connectivity index (χ2n) is 3.84. The zero-order chi connectivity index (χ0) is 13.4. The van der Waals surface area contributed by atoms with Crippen molar-refractivity contribution in [3.05, 3.63) is 44.0 Å². The van der Waals surface area contributed by atoms with Crippen molar-refractivity contribution in [2.24, 2.45) is 0 Å². The molecule has 1 aromatic carbocycles. The molecule has 0 fully saturated rings. The van der Waals surface area contributed by atoms with E-state index in [1.807, 2.05) is 46.9 Å². The Bertz CT molecular complexity index is 618. The second kappa shape index (κ2) is 5.63. The van der Waals surface area contributed by atoms with Crippen molar-refractivity contribution in [2.75, 3.05) is 5.75 Å². The second-order valence-corrected chi connectivity index (χ2v) is 6.70. The highest BCUT2D eigenvalue weighted by atomic mass is 127. The molecule has 2 heterocycles. The molecule has 1 unspecified atom stereocenters. The predicted octanol–water partition coefficient (Wildman–Crippen LogP) is 4.61. The molecule has 0 aliphatic carbocycles. The summed E-state index contributed by atoms with van der Waals surface area (Å²) in [5.41, 5.74) is 0. The summed E-state index contributed by atoms with van der Waals surface area (Å²) in [6.45, 7) is 0. The number of hydrogen-bond acceptors (Lipinski definition) is 4. The number of aromatic nitrogens is 2. The first-order valence-corrected chi connectivity index (χ1v) is 8.24. The number of fused-ring (bicyclic) bond motifs is 1. The maximum atomic E-state index is 6.03. The van der Waals surface area contributed by atoms with Crippen LogP contribution in [0.15, 0.2) is 29.2 Å². The van der Waals surface area contributed by atoms with Crippen molar-refractivity contribution < 1.29 is 4.74 Å². The van der Waals surface area contributed by atoms with Crippen molar-refractivity contribution in [1.82, 2.24) is 9.97 Å². The minimum Gasteiger partial charge on any atom is -0.480 e. The number of nitrogens with zero attached hydrogens (tertiary/aromatic N) is 2. The molecule has 0 bridgehead atoms. The molecule has 0 radical (unpaired) electrons. The van der Waals surface area contributed by atoms with Gasteiger partial charge in [-0.3, -0.25) is 0 Å². The highest BCUT2D eigenvalue weighted by molar-refractivity contribution is 14.1. The van der Waals surface area contributed by atoms with Crippen molar-refractivity contribution in [3.63, 3.8) is 0 Å². The van der Waals surface area contributed by atoms with Gasteiger partial charge in [0.25, 0.3) is 0 Å². The van der Waals surface area contributed by atoms with Crippen LogP contribution in [0.3, 0.4) is 0 Å². The van der Waals surface area contributed by atoms with Crippen LogP contribution in [-0.4, -0.2) is 15.7 Å². The van der Waals surface area contributed by atoms with Crippen LogP contribution in [0.25, 0.3) is 0 Å². The molecule has 0 saturated heterocycles. The fourth-order valence-corrected chi connectivity index (χ4v) is 3.32. The molecule has 1 aliphatic heterocycles. The van der Waals surface area contributed by atoms with Crippen molar-refractivity contribution >= 4 is 57.6 Å². The van der Waals surface area contributed by atoms with Crippen molar-refractivity contribution in [1.29, 1.82) is 0 Å². The van der Waals surface area contributed by atoms with Crippen LogP contribution in [-0.2, 0) is 0 Å². The number of thioether (sulfide) groups is 1. The van der Waals surface area contributed by atoms with Crippen molar-refractivity contribution in [2.45, 2.75) is 11.0 Å². The molecule has 1 aliphatic rings. The third-order valence-electron chi connectivity index (χ3n) is 2.58. The van der Waals surface area contributed by atoms with Gasteiger partial charge in [-0.2, -0.15) is 0 Å². The number of halogens is 3. The van der Waals surface area contributed by atoms with Crippen LogP contribution in [0, 0.1) is 3.57 Å². The lowest BCUT2D eigenvalue weighted by Gasteiger charge is -2.24. The SMILES string of the molecule is Clc1nc(C2CSc3ccccc3O2)nc(Cl)c1I. The zero-order valence-corrected chi connectivity index (χ0v) is 13.9. The lowest BCUT2D eigenvalue weighted by Crippen LogP contribution is -2.18. The monoisotopic (exact) mass is 424 g/mol. The molecule has 1 aromatic heterocycles. The van der Waals surface area contributed by atoms with E-state index in [1.165, 1.54) is 0 Å². The highest BCUT2D eigenvalue weighted by Gasteiger charge is 2.25. The van der Waals surface area contributed by atoms with Gasteiger partial charge in [0.1, 0.15) is 16.1 Å². The van der Waals surface area contributed by atoms with Crippen LogP contribution in [0.5, 0.6) is 5.75 Å². The van der Waals surface area contributed by atoms with Crippen LogP contribution in [0.1, 0.15) is 11.9 Å². The van der Waals surface area contributed by atoms with E-state index < -0.39 is 0 Å². The van der Waals surface area contributed by atoms with Gasteiger partial charge in [0.05, 0.1) is 3.57 Å². The van der Waals surface area contributed by atoms with Crippen LogP contribution in [0.4, 0.5) is 0 Å². The largest absolute Gasteiger partial charge is 0.480 e. The maximum absolute atomic E-state index is 6.03. The number of para-hydroxylation sites is 1. The first kappa shape index (κ1) is 13.7. The predicted molar refractivity (Wildman–Crippen MR) is 85.3 cm³/mol. The third kappa shape index (κ3) is 2.79. The van der Waals surface area contributed by atoms with E-state index in [9.17, 15) is 0 Å². The molecule has 0 N–H and O–H groups in total. The van der Waals surface area contributed by atoms with Crippen LogP contribution < -0.4 is 4.74 Å². The highest BCUT2D eigenvalue weighted by Crippen LogP contribution is 2.40. The standard InChI is InChI=1S/C12H7Cl2IN2OS/c13-10-9(15)11(14)17-12(16-10)7-5-19-8-4-2-1-3-6(8)18-7/h1-4,7H,5H2. The van der Waals surface area contributed by atoms with Crippen molar-refractivity contribution in [3.8, 4) is 5.75 Å². The van der Waals surface area contributed by atoms with Gasteiger partial charge in [-0.15, -0.1) is 11.8 Å². The molecule has 0 saturated carbocycles. The van der Waals surface area contributed by atoms with Gasteiger partial charge >= 0.3 is 0 Å². The van der Waals surface area contributed by atoms with E-state index >= 15 is 0 Å². The maximum Gasteiger partial charge on any atom is 0.173 e. The van der Waals surface area contributed by atoms with Gasteiger partial charge in [-0.25, -0.2) is 9.97 Å². The van der Waals surface area contributed by atoms with Gasteiger partial charge in [0, 0.05) is 10.6 Å². The number of rotatable bonds is 1. The Balaban J connectivity index is 1.93. The molecule has 19 heavy (non-hydrogen) atoms. The fraction of sp³-hybridized carbons (Fsp3) is 0.167. The number of ether oxygens (including phenoxy) is 1. The Morgan fingerprint density at radius 3 is 2.63 bits per heavy atom. The van der Waals surface area contributed by atoms with E-state index in [2.05, 4.69) is 9.97 Å². The molecular formula is C12H7Cl2IN2OS. The summed E-state index contributed by atoms with van der Waals surface area (Å²) in [4.78, 5) is 9.63. The van der Waals surface area contributed by atoms with Gasteiger partial charge in [-0.05, 0) is 34.7 Å². The summed E-state index contributed by atoms with van der Waals surface area (Å²) >= 11 is 15.8. The lowest BCUT2D eigenvalue weighted by molar-refractivity contribution is 0.210. The first-order chi connectivity index (χ1) is 9.15. The molecule has 7 heteroatoms. The lowest BCUT2D eigenvalue weighted by atomic mass is 10.3. The normalized spacial score (nSPS) is 17.7. The quantitative estimate of drug-likeness (QED) is 0.494. The first-order valence-electron chi connectivity index (χ1n) is 5.42. The molecule has 0 amide bonds. The Kier molecular flexibility index (Phi) is 4.07. The molecule has 0 spiro atoms. The van der Waals surface area contributed by atoms with E-state index in [0.717, 1.165) is 16.4 Å². The Labute approximate surface area is 138 Å². The molecule has 3 rings (SSSR count). The fourth-order valence-electron chi connectivity index (χ4n) is 1.70. The average Bonchev–Trinajstić information content (AvgIpc) is 2.43. The van der Waals surface area contributed by atoms with Gasteiger partial charge in [0.15, 0.2) is 11.9 Å². The van der Waals surface area contributed by atoms with E-state index in [-0.39, 0.29) is 6.10 Å². The van der Waals surface area contributed by atoms with E-state index in [4.69, 9.17) is 27.9 Å². The van der Waals surface area contributed by atoms with E-state index in [1.54, 1.807) is 11.8 Å². The van der Waals surface area contributed by atoms with Crippen LogP contribution in [0.2, 0.25) is 10.3 Å². The van der Waals surface area contributed by atoms with Gasteiger partial charge in [-0.1, -0.05) is 35.3 Å². The number of benzene rings is 1. The smallest absolute Gasteiger partial charge is 0.173 e. The molecule has 98 valence electrons.